The average Bonchev–Trinajstić information content (AvgIpc) is 2.49. The van der Waals surface area contributed by atoms with Gasteiger partial charge in [-0.05, 0) is 46.6 Å². The molecule has 0 aliphatic carbocycles. The van der Waals surface area contributed by atoms with Gasteiger partial charge in [0.25, 0.3) is 5.91 Å². The van der Waals surface area contributed by atoms with E-state index in [4.69, 9.17) is 0 Å². The average molecular weight is 352 g/mol. The number of amides is 1. The topological polar surface area (TPSA) is 54.0 Å². The van der Waals surface area contributed by atoms with Crippen molar-refractivity contribution in [3.8, 4) is 0 Å². The van der Waals surface area contributed by atoms with Gasteiger partial charge in [-0.3, -0.25) is 4.79 Å². The number of aromatic nitrogens is 1. The molecule has 0 saturated carbocycles. The van der Waals surface area contributed by atoms with Gasteiger partial charge in [0.15, 0.2) is 0 Å². The normalized spacial score (nSPS) is 10.2. The second kappa shape index (κ2) is 7.17. The van der Waals surface area contributed by atoms with Gasteiger partial charge in [-0.2, -0.15) is 0 Å². The highest BCUT2D eigenvalue weighted by Gasteiger charge is 2.13. The minimum absolute atomic E-state index is 0.108. The highest BCUT2D eigenvalue weighted by Crippen LogP contribution is 2.25. The number of anilines is 2. The molecule has 110 valence electrons. The molecule has 4 nitrogen and oxygen atoms in total. The molecule has 1 amide bonds. The van der Waals surface area contributed by atoms with Crippen LogP contribution in [0.2, 0.25) is 0 Å². The number of hydrogen-bond donors (Lipinski definition) is 2. The lowest BCUT2D eigenvalue weighted by atomic mass is 10.2. The number of rotatable bonds is 5. The summed E-state index contributed by atoms with van der Waals surface area (Å²) in [6.07, 6.45) is 0.959. The Morgan fingerprint density at radius 3 is 2.76 bits per heavy atom. The van der Waals surface area contributed by atoms with E-state index in [1.165, 1.54) is 6.07 Å². The third kappa shape index (κ3) is 4.01. The summed E-state index contributed by atoms with van der Waals surface area (Å²) in [6.45, 7) is 2.82. The first-order valence-electron chi connectivity index (χ1n) is 6.58. The molecule has 0 unspecified atom stereocenters. The maximum atomic E-state index is 13.7. The fourth-order valence-electron chi connectivity index (χ4n) is 1.71. The Morgan fingerprint density at radius 1 is 1.29 bits per heavy atom. The summed E-state index contributed by atoms with van der Waals surface area (Å²) in [5, 5.41) is 5.63. The Morgan fingerprint density at radius 2 is 2.05 bits per heavy atom. The van der Waals surface area contributed by atoms with Crippen LogP contribution in [0.1, 0.15) is 23.8 Å². The van der Waals surface area contributed by atoms with Crippen LogP contribution in [0.25, 0.3) is 0 Å². The highest BCUT2D eigenvalue weighted by molar-refractivity contribution is 9.10. The second-order valence-corrected chi connectivity index (χ2v) is 5.24. The number of para-hydroxylation sites is 1. The summed E-state index contributed by atoms with van der Waals surface area (Å²) in [5.74, 6) is -0.337. The Bertz CT molecular complexity index is 628. The third-order valence-electron chi connectivity index (χ3n) is 2.74. The Kier molecular flexibility index (Phi) is 5.27. The summed E-state index contributed by atoms with van der Waals surface area (Å²) in [6, 6.07) is 9.60. The summed E-state index contributed by atoms with van der Waals surface area (Å²) in [7, 11) is 0. The first-order valence-corrected chi connectivity index (χ1v) is 7.37. The van der Waals surface area contributed by atoms with Crippen molar-refractivity contribution in [2.24, 2.45) is 0 Å². The molecule has 6 heteroatoms. The van der Waals surface area contributed by atoms with Crippen LogP contribution < -0.4 is 10.6 Å². The first kappa shape index (κ1) is 15.4. The van der Waals surface area contributed by atoms with Crippen molar-refractivity contribution in [3.63, 3.8) is 0 Å². The smallest absolute Gasteiger partial charge is 0.274 e. The predicted octanol–water partition coefficient (Wildman–Crippen LogP) is 4.06. The van der Waals surface area contributed by atoms with Crippen LogP contribution >= 0.6 is 15.9 Å². The number of benzene rings is 1. The Balaban J connectivity index is 2.17. The van der Waals surface area contributed by atoms with Crippen LogP contribution in [0.3, 0.4) is 0 Å². The lowest BCUT2D eigenvalue weighted by Crippen LogP contribution is -2.16. The fraction of sp³-hybridized carbons (Fsp3) is 0.200. The van der Waals surface area contributed by atoms with Gasteiger partial charge in [0.1, 0.15) is 17.3 Å². The molecule has 0 fully saturated rings. The van der Waals surface area contributed by atoms with Crippen LogP contribution in [-0.2, 0) is 0 Å². The van der Waals surface area contributed by atoms with Crippen molar-refractivity contribution >= 4 is 33.3 Å². The van der Waals surface area contributed by atoms with Gasteiger partial charge in [0.2, 0.25) is 0 Å². The van der Waals surface area contributed by atoms with Gasteiger partial charge in [0.05, 0.1) is 5.69 Å². The lowest BCUT2D eigenvalue weighted by Gasteiger charge is -2.09. The van der Waals surface area contributed by atoms with E-state index in [0.717, 1.165) is 13.0 Å². The molecular formula is C15H15BrFN3O. The number of carbonyl (C=O) groups is 1. The fourth-order valence-corrected chi connectivity index (χ4v) is 2.15. The maximum absolute atomic E-state index is 13.7. The molecule has 1 aromatic heterocycles. The van der Waals surface area contributed by atoms with Crippen molar-refractivity contribution in [2.45, 2.75) is 13.3 Å². The van der Waals surface area contributed by atoms with Crippen molar-refractivity contribution in [1.82, 2.24) is 4.98 Å². The Hall–Kier alpha value is -1.95. The zero-order valence-electron chi connectivity index (χ0n) is 11.5. The molecule has 0 aliphatic rings. The summed E-state index contributed by atoms with van der Waals surface area (Å²) in [5.41, 5.74) is 0.336. The zero-order valence-corrected chi connectivity index (χ0v) is 13.1. The van der Waals surface area contributed by atoms with Crippen molar-refractivity contribution in [2.75, 3.05) is 17.2 Å². The third-order valence-corrected chi connectivity index (χ3v) is 3.40. The van der Waals surface area contributed by atoms with E-state index in [0.29, 0.717) is 10.3 Å². The molecule has 2 aromatic rings. The molecule has 21 heavy (non-hydrogen) atoms. The van der Waals surface area contributed by atoms with Gasteiger partial charge in [-0.1, -0.05) is 19.1 Å². The quantitative estimate of drug-likeness (QED) is 0.853. The minimum atomic E-state index is -0.502. The van der Waals surface area contributed by atoms with Gasteiger partial charge in [0, 0.05) is 11.0 Å². The van der Waals surface area contributed by atoms with E-state index in [1.807, 2.05) is 6.92 Å². The van der Waals surface area contributed by atoms with E-state index >= 15 is 0 Å². The summed E-state index contributed by atoms with van der Waals surface area (Å²) < 4.78 is 14.2. The number of nitrogens with one attached hydrogen (secondary N) is 2. The van der Waals surface area contributed by atoms with E-state index in [1.54, 1.807) is 30.3 Å². The number of halogens is 2. The van der Waals surface area contributed by atoms with Crippen LogP contribution in [-0.4, -0.2) is 17.4 Å². The van der Waals surface area contributed by atoms with Crippen molar-refractivity contribution in [1.29, 1.82) is 0 Å². The molecule has 2 rings (SSSR count). The molecule has 0 aliphatic heterocycles. The van der Waals surface area contributed by atoms with Crippen LogP contribution in [0.4, 0.5) is 15.9 Å². The highest BCUT2D eigenvalue weighted by atomic mass is 79.9. The van der Waals surface area contributed by atoms with Gasteiger partial charge in [-0.15, -0.1) is 0 Å². The molecule has 0 saturated heterocycles. The largest absolute Gasteiger partial charge is 0.370 e. The molecule has 0 radical (unpaired) electrons. The van der Waals surface area contributed by atoms with Gasteiger partial charge < -0.3 is 10.6 Å². The number of pyridine rings is 1. The van der Waals surface area contributed by atoms with Gasteiger partial charge >= 0.3 is 0 Å². The zero-order chi connectivity index (χ0) is 15.2. The SMILES string of the molecule is CCCNc1cccc(C(=O)Nc2c(F)cccc2Br)n1. The number of hydrogen-bond acceptors (Lipinski definition) is 3. The molecule has 1 aromatic carbocycles. The van der Waals surface area contributed by atoms with E-state index in [2.05, 4.69) is 31.5 Å². The monoisotopic (exact) mass is 351 g/mol. The minimum Gasteiger partial charge on any atom is -0.370 e. The predicted molar refractivity (Wildman–Crippen MR) is 85.1 cm³/mol. The van der Waals surface area contributed by atoms with Gasteiger partial charge in [-0.25, -0.2) is 9.37 Å². The maximum Gasteiger partial charge on any atom is 0.274 e. The van der Waals surface area contributed by atoms with Crippen LogP contribution in [0.5, 0.6) is 0 Å². The van der Waals surface area contributed by atoms with E-state index < -0.39 is 11.7 Å². The summed E-state index contributed by atoms with van der Waals surface area (Å²) >= 11 is 3.21. The van der Waals surface area contributed by atoms with Crippen molar-refractivity contribution in [3.05, 3.63) is 52.4 Å². The molecule has 2 N–H and O–H groups in total. The molecule has 0 bridgehead atoms. The molecule has 0 atom stereocenters. The van der Waals surface area contributed by atoms with E-state index in [9.17, 15) is 9.18 Å². The second-order valence-electron chi connectivity index (χ2n) is 4.39. The molecular weight excluding hydrogens is 337 g/mol. The Labute approximate surface area is 130 Å². The summed E-state index contributed by atoms with van der Waals surface area (Å²) in [4.78, 5) is 16.4. The standard InChI is InChI=1S/C15H15BrFN3O/c1-2-9-18-13-8-4-7-12(19-13)15(21)20-14-10(16)5-3-6-11(14)17/h3-8H,2,9H2,1H3,(H,18,19)(H,20,21). The lowest BCUT2D eigenvalue weighted by molar-refractivity contribution is 0.102. The molecule has 0 spiro atoms. The first-order chi connectivity index (χ1) is 10.1. The number of carbonyl (C=O) groups excluding carboxylic acids is 1. The van der Waals surface area contributed by atoms with Crippen LogP contribution in [0.15, 0.2) is 40.9 Å². The molecule has 1 heterocycles. The van der Waals surface area contributed by atoms with Crippen molar-refractivity contribution < 1.29 is 9.18 Å². The van der Waals surface area contributed by atoms with E-state index in [-0.39, 0.29) is 11.4 Å². The van der Waals surface area contributed by atoms with Crippen LogP contribution in [0, 0.1) is 5.82 Å². The number of nitrogens with zero attached hydrogens (tertiary/aromatic N) is 1.